The van der Waals surface area contributed by atoms with Gasteiger partial charge in [-0.05, 0) is 56.9 Å². The smallest absolute Gasteiger partial charge is 0.251 e. The molecule has 278 valence electrons. The molecule has 1 aromatic carbocycles. The number of Topliss-reactive ketones (excluding diaryl/α,β-unsaturated/α-hetero) is 4. The van der Waals surface area contributed by atoms with Crippen LogP contribution in [0.1, 0.15) is 91.0 Å². The van der Waals surface area contributed by atoms with E-state index in [1.807, 2.05) is 0 Å². The second kappa shape index (κ2) is 18.0. The van der Waals surface area contributed by atoms with Crippen LogP contribution < -0.4 is 5.32 Å². The number of benzene rings is 1. The zero-order valence-electron chi connectivity index (χ0n) is 30.9. The molecule has 0 saturated heterocycles. The van der Waals surface area contributed by atoms with Crippen LogP contribution in [-0.2, 0) is 14.3 Å². The number of carbonyl (C=O) groups is 5. The average molecular weight is 716 g/mol. The normalized spacial score (nSPS) is 26.3. The number of rotatable bonds is 1. The van der Waals surface area contributed by atoms with Gasteiger partial charge >= 0.3 is 0 Å². The van der Waals surface area contributed by atoms with Crippen LogP contribution in [0.4, 0.5) is 0 Å². The molecule has 52 heavy (non-hydrogen) atoms. The lowest BCUT2D eigenvalue weighted by molar-refractivity contribution is -0.118. The molecule has 0 saturated carbocycles. The zero-order valence-corrected chi connectivity index (χ0v) is 30.9. The van der Waals surface area contributed by atoms with E-state index < -0.39 is 76.2 Å². The van der Waals surface area contributed by atoms with Gasteiger partial charge in [0.15, 0.2) is 17.3 Å². The first kappa shape index (κ1) is 41.5. The molecule has 11 nitrogen and oxygen atoms in total. The van der Waals surface area contributed by atoms with Crippen molar-refractivity contribution in [3.05, 3.63) is 111 Å². The first-order valence-electron chi connectivity index (χ1n) is 17.1. The van der Waals surface area contributed by atoms with Gasteiger partial charge in [-0.25, -0.2) is 0 Å². The molecule has 1 amide bonds. The Kier molecular flexibility index (Phi) is 14.3. The van der Waals surface area contributed by atoms with E-state index in [0.29, 0.717) is 5.57 Å². The van der Waals surface area contributed by atoms with E-state index in [1.165, 1.54) is 45.1 Å². The number of aryl methyl sites for hydroxylation is 1. The number of aliphatic hydroxyl groups is 3. The molecule has 1 aromatic rings. The molecular weight excluding hydrogens is 666 g/mol. The Morgan fingerprint density at radius 3 is 2.08 bits per heavy atom. The van der Waals surface area contributed by atoms with Crippen LogP contribution >= 0.6 is 0 Å². The third-order valence-corrected chi connectivity index (χ3v) is 9.33. The largest absolute Gasteiger partial charge is 0.507 e. The summed E-state index contributed by atoms with van der Waals surface area (Å²) in [5.41, 5.74) is -0.579. The summed E-state index contributed by atoms with van der Waals surface area (Å²) >= 11 is 0. The highest BCUT2D eigenvalue weighted by molar-refractivity contribution is 6.31. The predicted octanol–water partition coefficient (Wildman–Crippen LogP) is 5.10. The van der Waals surface area contributed by atoms with Crippen molar-refractivity contribution in [3.63, 3.8) is 0 Å². The number of aromatic hydroxyl groups is 1. The summed E-state index contributed by atoms with van der Waals surface area (Å²) in [5, 5.41) is 45.7. The molecule has 11 heteroatoms. The van der Waals surface area contributed by atoms with Crippen molar-refractivity contribution in [2.45, 2.75) is 79.6 Å². The second-order valence-electron chi connectivity index (χ2n) is 13.5. The van der Waals surface area contributed by atoms with Gasteiger partial charge in [-0.15, -0.1) is 0 Å². The van der Waals surface area contributed by atoms with E-state index in [9.17, 15) is 44.4 Å². The minimum absolute atomic E-state index is 0.0885. The van der Waals surface area contributed by atoms with Gasteiger partial charge in [-0.3, -0.25) is 24.0 Å². The third kappa shape index (κ3) is 9.67. The lowest BCUT2D eigenvalue weighted by Gasteiger charge is -2.24. The van der Waals surface area contributed by atoms with Gasteiger partial charge < -0.3 is 30.5 Å². The van der Waals surface area contributed by atoms with E-state index in [1.54, 1.807) is 64.2 Å². The monoisotopic (exact) mass is 715 g/mol. The van der Waals surface area contributed by atoms with Gasteiger partial charge in [0.25, 0.3) is 5.91 Å². The summed E-state index contributed by atoms with van der Waals surface area (Å²) in [5.74, 6) is -5.87. The van der Waals surface area contributed by atoms with Crippen LogP contribution in [0.25, 0.3) is 0 Å². The Morgan fingerprint density at radius 2 is 1.42 bits per heavy atom. The quantitative estimate of drug-likeness (QED) is 0.245. The van der Waals surface area contributed by atoms with Gasteiger partial charge in [0.05, 0.1) is 36.5 Å². The van der Waals surface area contributed by atoms with Gasteiger partial charge in [-0.2, -0.15) is 0 Å². The standard InChI is InChI=1S/C41H49NO10/c1-21-12-10-9-11-13-24(4)41(51)42-34-38(49)29-19-27(7)37(48)33(32(29)39(50)40(34)52-8)36(47)26(6)18-25(5)35(46)23(3)15-17-28(43)16-14-22(2)31(45)20-30(21)44/h9-15,17-19,21,23,25,28,30,35,43-44,46,48H,16,20H2,1-8H3,(H,42,51). The van der Waals surface area contributed by atoms with Crippen LogP contribution in [0.15, 0.2) is 88.9 Å². The molecule has 6 unspecified atom stereocenters. The second-order valence-corrected chi connectivity index (χ2v) is 13.5. The van der Waals surface area contributed by atoms with Crippen LogP contribution in [0.2, 0.25) is 0 Å². The number of aliphatic hydroxyl groups excluding tert-OH is 3. The van der Waals surface area contributed by atoms with E-state index in [0.717, 1.165) is 7.11 Å². The number of allylic oxidation sites excluding steroid dienone is 8. The van der Waals surface area contributed by atoms with Crippen molar-refractivity contribution in [2.75, 3.05) is 7.11 Å². The zero-order chi connectivity index (χ0) is 39.0. The minimum atomic E-state index is -1.01. The number of nitrogens with one attached hydrogen (secondary N) is 1. The first-order chi connectivity index (χ1) is 24.4. The number of ketones is 4. The molecule has 6 atom stereocenters. The molecule has 0 fully saturated rings. The summed E-state index contributed by atoms with van der Waals surface area (Å²) in [6, 6.07) is 1.28. The van der Waals surface area contributed by atoms with Crippen molar-refractivity contribution in [1.29, 1.82) is 0 Å². The van der Waals surface area contributed by atoms with Gasteiger partial charge in [-0.1, -0.05) is 75.5 Å². The number of phenolic OH excluding ortho intramolecular Hbond substituents is 1. The minimum Gasteiger partial charge on any atom is -0.507 e. The van der Waals surface area contributed by atoms with Crippen molar-refractivity contribution >= 4 is 29.0 Å². The van der Waals surface area contributed by atoms with Gasteiger partial charge in [0.2, 0.25) is 11.6 Å². The van der Waals surface area contributed by atoms with Crippen LogP contribution in [0.5, 0.6) is 5.75 Å². The Balaban J connectivity index is 2.11. The van der Waals surface area contributed by atoms with E-state index >= 15 is 0 Å². The summed E-state index contributed by atoms with van der Waals surface area (Å²) in [6.45, 7) is 11.2. The van der Waals surface area contributed by atoms with Crippen molar-refractivity contribution in [1.82, 2.24) is 5.32 Å². The number of ether oxygens (including phenoxy) is 1. The Bertz CT molecular complexity index is 1840. The van der Waals surface area contributed by atoms with Crippen LogP contribution in [0, 0.1) is 24.7 Å². The first-order valence-corrected chi connectivity index (χ1v) is 17.1. The van der Waals surface area contributed by atoms with Crippen LogP contribution in [-0.4, -0.2) is 74.9 Å². The fourth-order valence-electron chi connectivity index (χ4n) is 5.82. The lowest BCUT2D eigenvalue weighted by Crippen LogP contribution is -2.36. The molecule has 4 bridgehead atoms. The van der Waals surface area contributed by atoms with E-state index in [2.05, 4.69) is 5.32 Å². The number of amides is 1. The summed E-state index contributed by atoms with van der Waals surface area (Å²) in [4.78, 5) is 67.4. The number of hydrogen-bond donors (Lipinski definition) is 5. The number of phenols is 1. The molecular formula is C41H49NO10. The van der Waals surface area contributed by atoms with Crippen molar-refractivity contribution in [2.24, 2.45) is 17.8 Å². The topological polar surface area (TPSA) is 188 Å². The SMILES string of the molecule is COC1=C2NC(=O)C(C)=CC=CC=CC(C)C(O)CC(=O)C(C)=CCC(O)C=CC(C)C(O)C(C)C=C(C)C(=O)c3c(O)c(C)cc(c3C1=O)C2=O. The maximum atomic E-state index is 13.9. The maximum Gasteiger partial charge on any atom is 0.251 e. The molecule has 0 radical (unpaired) electrons. The van der Waals surface area contributed by atoms with Crippen LogP contribution in [0.3, 0.4) is 0 Å². The number of hydrogen-bond acceptors (Lipinski definition) is 10. The summed E-state index contributed by atoms with van der Waals surface area (Å²) in [6.07, 6.45) is 11.3. The molecule has 2 aliphatic heterocycles. The number of fused-ring (bicyclic) bond motifs is 18. The fourth-order valence-corrected chi connectivity index (χ4v) is 5.82. The molecule has 0 spiro atoms. The molecule has 3 aliphatic rings. The third-order valence-electron chi connectivity index (χ3n) is 9.33. The fraction of sp³-hybridized carbons (Fsp3) is 0.390. The predicted molar refractivity (Wildman–Crippen MR) is 196 cm³/mol. The summed E-state index contributed by atoms with van der Waals surface area (Å²) < 4.78 is 5.29. The highest BCUT2D eigenvalue weighted by atomic mass is 16.5. The van der Waals surface area contributed by atoms with Crippen molar-refractivity contribution < 1.29 is 49.1 Å². The summed E-state index contributed by atoms with van der Waals surface area (Å²) in [7, 11) is 1.14. The lowest BCUT2D eigenvalue weighted by atomic mass is 9.82. The highest BCUT2D eigenvalue weighted by Gasteiger charge is 2.39. The maximum absolute atomic E-state index is 13.9. The Morgan fingerprint density at radius 1 is 0.750 bits per heavy atom. The number of methoxy groups -OCH3 is 1. The average Bonchev–Trinajstić information content (AvgIpc) is 3.10. The molecule has 5 N–H and O–H groups in total. The molecule has 2 heterocycles. The van der Waals surface area contributed by atoms with Gasteiger partial charge in [0.1, 0.15) is 11.4 Å². The molecule has 1 aliphatic carbocycles. The molecule has 0 aromatic heterocycles. The van der Waals surface area contributed by atoms with E-state index in [-0.39, 0.29) is 52.4 Å². The number of carbonyl (C=O) groups excluding carboxylic acids is 5. The Hall–Kier alpha value is -4.97. The van der Waals surface area contributed by atoms with Crippen molar-refractivity contribution in [3.8, 4) is 5.75 Å². The molecule has 4 rings (SSSR count). The van der Waals surface area contributed by atoms with Gasteiger partial charge in [0, 0.05) is 35.3 Å². The highest BCUT2D eigenvalue weighted by Crippen LogP contribution is 2.37. The van der Waals surface area contributed by atoms with E-state index in [4.69, 9.17) is 4.74 Å². The Labute approximate surface area is 304 Å².